The Morgan fingerprint density at radius 2 is 1.42 bits per heavy atom. The van der Waals surface area contributed by atoms with Crippen LogP contribution in [0.15, 0.2) is 74.4 Å². The Bertz CT molecular complexity index is 567. The maximum atomic E-state index is 10.2. The van der Waals surface area contributed by atoms with Gasteiger partial charge in [0.25, 0.3) is 0 Å². The summed E-state index contributed by atoms with van der Waals surface area (Å²) in [4.78, 5) is 30.5. The molecule has 0 aliphatic rings. The van der Waals surface area contributed by atoms with Crippen LogP contribution in [0.25, 0.3) is 6.08 Å². The first-order valence-electron chi connectivity index (χ1n) is 6.74. The first kappa shape index (κ1) is 23.1. The number of carbonyl (C=O) groups excluding carboxylic acids is 3. The molecule has 1 aromatic rings. The number of methoxy groups -OCH3 is 1. The fraction of sp³-hybridized carbons (Fsp3) is 0.105. The van der Waals surface area contributed by atoms with Crippen LogP contribution >= 0.6 is 0 Å². The molecule has 0 aliphatic heterocycles. The van der Waals surface area contributed by atoms with Crippen molar-refractivity contribution < 1.29 is 23.9 Å². The van der Waals surface area contributed by atoms with Crippen LogP contribution in [0.5, 0.6) is 0 Å². The summed E-state index contributed by atoms with van der Waals surface area (Å²) >= 11 is 0. The van der Waals surface area contributed by atoms with E-state index in [1.54, 1.807) is 6.92 Å². The van der Waals surface area contributed by atoms with E-state index in [9.17, 15) is 14.4 Å². The Balaban J connectivity index is 0. The lowest BCUT2D eigenvalue weighted by molar-refractivity contribution is -0.152. The Kier molecular flexibility index (Phi) is 14.1. The lowest BCUT2D eigenvalue weighted by Crippen LogP contribution is -2.05. The van der Waals surface area contributed by atoms with E-state index in [1.165, 1.54) is 12.7 Å². The number of hydrogen-bond acceptors (Lipinski definition) is 5. The lowest BCUT2D eigenvalue weighted by atomic mass is 10.2. The van der Waals surface area contributed by atoms with Gasteiger partial charge >= 0.3 is 17.9 Å². The molecule has 0 fully saturated rings. The quantitative estimate of drug-likeness (QED) is 0.480. The zero-order valence-electron chi connectivity index (χ0n) is 14.0. The van der Waals surface area contributed by atoms with Crippen molar-refractivity contribution in [1.82, 2.24) is 0 Å². The maximum Gasteiger partial charge on any atom is 0.338 e. The molecular weight excluding hydrogens is 308 g/mol. The van der Waals surface area contributed by atoms with Gasteiger partial charge < -0.3 is 9.47 Å². The Labute approximate surface area is 142 Å². The summed E-state index contributed by atoms with van der Waals surface area (Å²) in [6.45, 7) is 14.8. The molecule has 5 nitrogen and oxygen atoms in total. The van der Waals surface area contributed by atoms with E-state index in [0.717, 1.165) is 12.2 Å². The third kappa shape index (κ3) is 13.8. The second-order valence-corrected chi connectivity index (χ2v) is 4.04. The van der Waals surface area contributed by atoms with Crippen molar-refractivity contribution in [2.75, 3.05) is 7.11 Å². The lowest BCUT2D eigenvalue weighted by Gasteiger charge is -1.91. The minimum atomic E-state index is -0.764. The Morgan fingerprint density at radius 1 is 0.958 bits per heavy atom. The second kappa shape index (κ2) is 14.7. The average Bonchev–Trinajstić information content (AvgIpc) is 2.62. The number of ether oxygens (including phenoxy) is 2. The molecule has 0 aliphatic carbocycles. The van der Waals surface area contributed by atoms with Crippen LogP contribution in [-0.2, 0) is 23.9 Å². The van der Waals surface area contributed by atoms with Gasteiger partial charge in [-0.05, 0) is 12.5 Å². The number of hydrogen-bond donors (Lipinski definition) is 0. The molecule has 0 saturated heterocycles. The summed E-state index contributed by atoms with van der Waals surface area (Å²) in [7, 11) is 1.33. The molecule has 0 aromatic heterocycles. The molecule has 0 amide bonds. The van der Waals surface area contributed by atoms with Crippen LogP contribution in [0, 0.1) is 0 Å². The van der Waals surface area contributed by atoms with Crippen LogP contribution in [0.3, 0.4) is 0 Å². The molecule has 0 bridgehead atoms. The van der Waals surface area contributed by atoms with E-state index in [1.807, 2.05) is 36.4 Å². The molecule has 5 heteroatoms. The summed E-state index contributed by atoms with van der Waals surface area (Å²) in [5.41, 5.74) is 1.61. The highest BCUT2D eigenvalue weighted by Gasteiger charge is 1.99. The minimum absolute atomic E-state index is 0.347. The standard InChI is InChI=1S/C8H8.C6H6O3.C5H8O2/c1-2-8-6-4-3-5-7-8;1-3-5(7)9-6(8)4-2;1-4(2)5(6)7-3/h2-7H,1H2;3-4H,1-2H2;1H2,2-3H3. The van der Waals surface area contributed by atoms with Crippen molar-refractivity contribution in [2.24, 2.45) is 0 Å². The summed E-state index contributed by atoms with van der Waals surface area (Å²) in [6, 6.07) is 10.0. The number of carbonyl (C=O) groups is 3. The first-order valence-corrected chi connectivity index (χ1v) is 6.74. The molecule has 0 heterocycles. The predicted octanol–water partition coefficient (Wildman–Crippen LogP) is 3.49. The third-order valence-electron chi connectivity index (χ3n) is 2.10. The van der Waals surface area contributed by atoms with Gasteiger partial charge in [0.15, 0.2) is 0 Å². The fourth-order valence-electron chi connectivity index (χ4n) is 0.946. The first-order chi connectivity index (χ1) is 11.3. The van der Waals surface area contributed by atoms with Gasteiger partial charge in [-0.2, -0.15) is 0 Å². The summed E-state index contributed by atoms with van der Waals surface area (Å²) in [5.74, 6) is -1.88. The van der Waals surface area contributed by atoms with Crippen LogP contribution in [0.1, 0.15) is 12.5 Å². The van der Waals surface area contributed by atoms with Crippen molar-refractivity contribution in [1.29, 1.82) is 0 Å². The normalized spacial score (nSPS) is 7.92. The molecule has 0 N–H and O–H groups in total. The highest BCUT2D eigenvalue weighted by molar-refractivity contribution is 5.95. The van der Waals surface area contributed by atoms with Crippen LogP contribution in [0.4, 0.5) is 0 Å². The average molecular weight is 330 g/mol. The Hall–Kier alpha value is -3.21. The molecular formula is C19H22O5. The van der Waals surface area contributed by atoms with E-state index in [2.05, 4.69) is 35.8 Å². The fourth-order valence-corrected chi connectivity index (χ4v) is 0.946. The van der Waals surface area contributed by atoms with E-state index < -0.39 is 11.9 Å². The van der Waals surface area contributed by atoms with E-state index in [4.69, 9.17) is 0 Å². The van der Waals surface area contributed by atoms with Crippen molar-refractivity contribution in [3.63, 3.8) is 0 Å². The molecule has 1 aromatic carbocycles. The number of esters is 3. The van der Waals surface area contributed by atoms with Crippen molar-refractivity contribution in [2.45, 2.75) is 6.92 Å². The third-order valence-corrected chi connectivity index (χ3v) is 2.10. The zero-order chi connectivity index (χ0) is 19.0. The van der Waals surface area contributed by atoms with E-state index in [0.29, 0.717) is 5.57 Å². The van der Waals surface area contributed by atoms with Gasteiger partial charge in [0, 0.05) is 17.7 Å². The Morgan fingerprint density at radius 3 is 1.62 bits per heavy atom. The summed E-state index contributed by atoms with van der Waals surface area (Å²) < 4.78 is 8.31. The number of rotatable bonds is 4. The molecule has 128 valence electrons. The van der Waals surface area contributed by atoms with Crippen molar-refractivity contribution >= 4 is 24.0 Å². The van der Waals surface area contributed by atoms with E-state index >= 15 is 0 Å². The monoisotopic (exact) mass is 330 g/mol. The summed E-state index contributed by atoms with van der Waals surface area (Å²) in [6.07, 6.45) is 3.64. The van der Waals surface area contributed by atoms with Crippen molar-refractivity contribution in [3.05, 3.63) is 79.9 Å². The maximum absolute atomic E-state index is 10.2. The number of benzene rings is 1. The van der Waals surface area contributed by atoms with Gasteiger partial charge in [0.05, 0.1) is 7.11 Å². The SMILES string of the molecule is C=C(C)C(=O)OC.C=CC(=O)OC(=O)C=C.C=Cc1ccccc1. The van der Waals surface area contributed by atoms with Crippen LogP contribution in [0.2, 0.25) is 0 Å². The van der Waals surface area contributed by atoms with Gasteiger partial charge in [0.1, 0.15) is 0 Å². The van der Waals surface area contributed by atoms with Crippen LogP contribution in [-0.4, -0.2) is 25.0 Å². The summed E-state index contributed by atoms with van der Waals surface area (Å²) in [5, 5.41) is 0. The predicted molar refractivity (Wildman–Crippen MR) is 94.9 cm³/mol. The highest BCUT2D eigenvalue weighted by atomic mass is 16.6. The molecule has 1 rings (SSSR count). The molecule has 0 atom stereocenters. The molecule has 24 heavy (non-hydrogen) atoms. The molecule has 0 radical (unpaired) electrons. The van der Waals surface area contributed by atoms with Crippen molar-refractivity contribution in [3.8, 4) is 0 Å². The minimum Gasteiger partial charge on any atom is -0.466 e. The second-order valence-electron chi connectivity index (χ2n) is 4.04. The zero-order valence-corrected chi connectivity index (χ0v) is 14.0. The molecule has 0 unspecified atom stereocenters. The van der Waals surface area contributed by atoms with Gasteiger partial charge in [0.2, 0.25) is 0 Å². The molecule has 0 spiro atoms. The largest absolute Gasteiger partial charge is 0.466 e. The highest BCUT2D eigenvalue weighted by Crippen LogP contribution is 1.97. The van der Waals surface area contributed by atoms with Gasteiger partial charge in [-0.1, -0.05) is 62.7 Å². The van der Waals surface area contributed by atoms with Gasteiger partial charge in [-0.15, -0.1) is 0 Å². The van der Waals surface area contributed by atoms with Crippen LogP contribution < -0.4 is 0 Å². The van der Waals surface area contributed by atoms with E-state index in [-0.39, 0.29) is 5.97 Å². The van der Waals surface area contributed by atoms with Gasteiger partial charge in [-0.25, -0.2) is 14.4 Å². The smallest absolute Gasteiger partial charge is 0.338 e. The molecule has 0 saturated carbocycles. The van der Waals surface area contributed by atoms with Gasteiger partial charge in [-0.3, -0.25) is 0 Å². The topological polar surface area (TPSA) is 69.7 Å².